The van der Waals surface area contributed by atoms with Crippen LogP contribution < -0.4 is 5.32 Å². The summed E-state index contributed by atoms with van der Waals surface area (Å²) in [7, 11) is 1.99. The van der Waals surface area contributed by atoms with E-state index >= 15 is 0 Å². The summed E-state index contributed by atoms with van der Waals surface area (Å²) in [6.45, 7) is 3.30. The van der Waals surface area contributed by atoms with Crippen molar-refractivity contribution in [2.24, 2.45) is 5.41 Å². The molecule has 0 aromatic rings. The van der Waals surface area contributed by atoms with E-state index in [-0.39, 0.29) is 0 Å². The quantitative estimate of drug-likeness (QED) is 0.697. The van der Waals surface area contributed by atoms with E-state index in [1.807, 2.05) is 7.05 Å². The molecule has 1 rings (SSSR count). The third kappa shape index (κ3) is 2.07. The molecule has 1 saturated carbocycles. The second kappa shape index (κ2) is 4.04. The minimum atomic E-state index is 0.419. The number of rotatable bonds is 3. The lowest BCUT2D eigenvalue weighted by Gasteiger charge is -2.35. The maximum atomic E-state index is 11.1. The maximum absolute atomic E-state index is 11.1. The lowest BCUT2D eigenvalue weighted by Crippen LogP contribution is -2.35. The number of Topliss-reactive ketones (excluding diaryl/α,β-unsaturated/α-hetero) is 1. The van der Waals surface area contributed by atoms with Crippen LogP contribution in [0.1, 0.15) is 39.0 Å². The molecule has 0 unspecified atom stereocenters. The fourth-order valence-electron chi connectivity index (χ4n) is 2.09. The normalized spacial score (nSPS) is 22.7. The van der Waals surface area contributed by atoms with Crippen LogP contribution in [0.25, 0.3) is 0 Å². The molecule has 0 aliphatic heterocycles. The summed E-state index contributed by atoms with van der Waals surface area (Å²) in [4.78, 5) is 11.1. The Balaban J connectivity index is 2.50. The van der Waals surface area contributed by atoms with Gasteiger partial charge in [-0.05, 0) is 31.7 Å². The van der Waals surface area contributed by atoms with Crippen molar-refractivity contribution in [3.05, 3.63) is 0 Å². The molecular weight excluding hydrogens is 150 g/mol. The Morgan fingerprint density at radius 1 is 1.42 bits per heavy atom. The zero-order valence-electron chi connectivity index (χ0n) is 8.15. The van der Waals surface area contributed by atoms with Crippen LogP contribution in [0.3, 0.4) is 0 Å². The largest absolute Gasteiger partial charge is 0.319 e. The first-order valence-corrected chi connectivity index (χ1v) is 4.89. The Bertz CT molecular complexity index is 155. The molecule has 1 aliphatic carbocycles. The zero-order chi connectivity index (χ0) is 9.03. The molecular formula is C10H19NO. The Morgan fingerprint density at radius 2 is 2.00 bits per heavy atom. The molecule has 0 aromatic heterocycles. The van der Waals surface area contributed by atoms with E-state index in [1.165, 1.54) is 6.42 Å². The summed E-state index contributed by atoms with van der Waals surface area (Å²) >= 11 is 0. The van der Waals surface area contributed by atoms with Gasteiger partial charge in [-0.1, -0.05) is 6.92 Å². The van der Waals surface area contributed by atoms with Gasteiger partial charge in [-0.25, -0.2) is 0 Å². The second-order valence-electron chi connectivity index (χ2n) is 3.92. The van der Waals surface area contributed by atoms with Crippen LogP contribution in [0, 0.1) is 5.41 Å². The Labute approximate surface area is 74.7 Å². The predicted octanol–water partition coefficient (Wildman–Crippen LogP) is 1.75. The van der Waals surface area contributed by atoms with Crippen LogP contribution in [0.4, 0.5) is 0 Å². The summed E-state index contributed by atoms with van der Waals surface area (Å²) in [5.41, 5.74) is 0.419. The zero-order valence-corrected chi connectivity index (χ0v) is 8.15. The van der Waals surface area contributed by atoms with Crippen molar-refractivity contribution < 1.29 is 4.79 Å². The average Bonchev–Trinajstić information content (AvgIpc) is 2.10. The van der Waals surface area contributed by atoms with Crippen molar-refractivity contribution in [1.29, 1.82) is 0 Å². The first-order valence-electron chi connectivity index (χ1n) is 4.89. The van der Waals surface area contributed by atoms with Gasteiger partial charge in [-0.15, -0.1) is 0 Å². The van der Waals surface area contributed by atoms with Gasteiger partial charge in [0.1, 0.15) is 5.78 Å². The molecule has 0 saturated heterocycles. The van der Waals surface area contributed by atoms with Crippen molar-refractivity contribution in [2.45, 2.75) is 39.0 Å². The van der Waals surface area contributed by atoms with Gasteiger partial charge >= 0.3 is 0 Å². The van der Waals surface area contributed by atoms with Crippen molar-refractivity contribution in [1.82, 2.24) is 5.32 Å². The minimum absolute atomic E-state index is 0.419. The van der Waals surface area contributed by atoms with Crippen molar-refractivity contribution in [2.75, 3.05) is 13.6 Å². The summed E-state index contributed by atoms with van der Waals surface area (Å²) in [6, 6.07) is 0. The van der Waals surface area contributed by atoms with Crippen molar-refractivity contribution in [3.8, 4) is 0 Å². The number of hydrogen-bond donors (Lipinski definition) is 1. The molecule has 2 heteroatoms. The van der Waals surface area contributed by atoms with E-state index in [0.717, 1.165) is 32.2 Å². The summed E-state index contributed by atoms with van der Waals surface area (Å²) in [5, 5.41) is 3.23. The molecule has 2 nitrogen and oxygen atoms in total. The van der Waals surface area contributed by atoms with Crippen molar-refractivity contribution >= 4 is 5.78 Å². The summed E-state index contributed by atoms with van der Waals surface area (Å²) in [6.07, 6.45) is 4.97. The third-order valence-corrected chi connectivity index (χ3v) is 3.17. The first-order chi connectivity index (χ1) is 5.72. The van der Waals surface area contributed by atoms with Gasteiger partial charge in [0.25, 0.3) is 0 Å². The molecule has 0 radical (unpaired) electrons. The van der Waals surface area contributed by atoms with Crippen LogP contribution in [0.5, 0.6) is 0 Å². The Hall–Kier alpha value is -0.370. The second-order valence-corrected chi connectivity index (χ2v) is 3.92. The smallest absolute Gasteiger partial charge is 0.132 e. The molecule has 1 fully saturated rings. The summed E-state index contributed by atoms with van der Waals surface area (Å²) in [5.74, 6) is 0.454. The highest BCUT2D eigenvalue weighted by Gasteiger charge is 2.31. The van der Waals surface area contributed by atoms with Gasteiger partial charge in [0.15, 0.2) is 0 Å². The lowest BCUT2D eigenvalue weighted by atomic mass is 9.72. The molecule has 1 N–H and O–H groups in total. The number of hydrogen-bond acceptors (Lipinski definition) is 2. The number of carbonyl (C=O) groups excluding carboxylic acids is 1. The van der Waals surface area contributed by atoms with Gasteiger partial charge < -0.3 is 5.32 Å². The number of nitrogens with one attached hydrogen (secondary N) is 1. The SMILES string of the molecule is CCC1(CNC)CCC(=O)CC1. The summed E-state index contributed by atoms with van der Waals surface area (Å²) < 4.78 is 0. The van der Waals surface area contributed by atoms with Crippen LogP contribution in [0.2, 0.25) is 0 Å². The van der Waals surface area contributed by atoms with E-state index in [2.05, 4.69) is 12.2 Å². The van der Waals surface area contributed by atoms with Crippen LogP contribution in [-0.2, 0) is 4.79 Å². The van der Waals surface area contributed by atoms with Gasteiger partial charge in [-0.2, -0.15) is 0 Å². The van der Waals surface area contributed by atoms with E-state index in [1.54, 1.807) is 0 Å². The molecule has 0 aromatic carbocycles. The van der Waals surface area contributed by atoms with Crippen LogP contribution in [0.15, 0.2) is 0 Å². The topological polar surface area (TPSA) is 29.1 Å². The number of carbonyl (C=O) groups is 1. The molecule has 0 spiro atoms. The predicted molar refractivity (Wildman–Crippen MR) is 50.1 cm³/mol. The van der Waals surface area contributed by atoms with E-state index in [9.17, 15) is 4.79 Å². The van der Waals surface area contributed by atoms with E-state index in [4.69, 9.17) is 0 Å². The molecule has 1 aliphatic rings. The fourth-order valence-corrected chi connectivity index (χ4v) is 2.09. The Morgan fingerprint density at radius 3 is 2.42 bits per heavy atom. The molecule has 70 valence electrons. The van der Waals surface area contributed by atoms with Crippen LogP contribution in [-0.4, -0.2) is 19.4 Å². The first kappa shape index (κ1) is 9.72. The minimum Gasteiger partial charge on any atom is -0.319 e. The van der Waals surface area contributed by atoms with Crippen molar-refractivity contribution in [3.63, 3.8) is 0 Å². The standard InChI is InChI=1S/C10H19NO/c1-3-10(8-11-2)6-4-9(12)5-7-10/h11H,3-8H2,1-2H3. The van der Waals surface area contributed by atoms with Gasteiger partial charge in [0.05, 0.1) is 0 Å². The fraction of sp³-hybridized carbons (Fsp3) is 0.900. The molecule has 0 bridgehead atoms. The van der Waals surface area contributed by atoms with Crippen LogP contribution >= 0.6 is 0 Å². The molecule has 12 heavy (non-hydrogen) atoms. The lowest BCUT2D eigenvalue weighted by molar-refractivity contribution is -0.122. The number of ketones is 1. The van der Waals surface area contributed by atoms with Gasteiger partial charge in [-0.3, -0.25) is 4.79 Å². The highest BCUT2D eigenvalue weighted by atomic mass is 16.1. The molecule has 0 atom stereocenters. The monoisotopic (exact) mass is 169 g/mol. The van der Waals surface area contributed by atoms with Gasteiger partial charge in [0, 0.05) is 19.4 Å². The van der Waals surface area contributed by atoms with E-state index in [0.29, 0.717) is 11.2 Å². The molecule has 0 amide bonds. The molecule has 0 heterocycles. The average molecular weight is 169 g/mol. The Kier molecular flexibility index (Phi) is 3.27. The highest BCUT2D eigenvalue weighted by Crippen LogP contribution is 2.36. The maximum Gasteiger partial charge on any atom is 0.132 e. The highest BCUT2D eigenvalue weighted by molar-refractivity contribution is 5.79. The van der Waals surface area contributed by atoms with E-state index < -0.39 is 0 Å². The van der Waals surface area contributed by atoms with Gasteiger partial charge in [0.2, 0.25) is 0 Å². The third-order valence-electron chi connectivity index (χ3n) is 3.17.